The van der Waals surface area contributed by atoms with Gasteiger partial charge in [0.2, 0.25) is 17.6 Å². The molecule has 0 aromatic carbocycles. The van der Waals surface area contributed by atoms with Crippen LogP contribution in [0, 0.1) is 5.41 Å². The Bertz CT molecular complexity index is 837. The quantitative estimate of drug-likeness (QED) is 0.690. The highest BCUT2D eigenvalue weighted by molar-refractivity contribution is 6.19. The average Bonchev–Trinajstić information content (AvgIpc) is 3.45. The van der Waals surface area contributed by atoms with Crippen LogP contribution in [0.15, 0.2) is 22.9 Å². The van der Waals surface area contributed by atoms with E-state index in [1.165, 1.54) is 12.8 Å². The third-order valence-electron chi connectivity index (χ3n) is 5.96. The third-order valence-corrected chi connectivity index (χ3v) is 6.62. The Morgan fingerprint density at radius 3 is 2.55 bits per heavy atom. The number of rotatable bonds is 5. The zero-order valence-corrected chi connectivity index (χ0v) is 17.9. The fourth-order valence-electron chi connectivity index (χ4n) is 4.02. The summed E-state index contributed by atoms with van der Waals surface area (Å²) in [7, 11) is 0. The topological polar surface area (TPSA) is 75.4 Å². The number of halogens is 1. The van der Waals surface area contributed by atoms with Gasteiger partial charge in [0.05, 0.1) is 5.41 Å². The molecule has 0 bridgehead atoms. The van der Waals surface area contributed by atoms with Crippen molar-refractivity contribution in [2.45, 2.75) is 45.4 Å². The fraction of sp³-hybridized carbons (Fsp3) is 0.619. The van der Waals surface area contributed by atoms with Gasteiger partial charge in [0.15, 0.2) is 0 Å². The van der Waals surface area contributed by atoms with E-state index in [-0.39, 0.29) is 5.91 Å². The van der Waals surface area contributed by atoms with Gasteiger partial charge in [-0.1, -0.05) is 18.0 Å². The Morgan fingerprint density at radius 1 is 1.21 bits per heavy atom. The summed E-state index contributed by atoms with van der Waals surface area (Å²) in [5.41, 5.74) is 0.338. The van der Waals surface area contributed by atoms with Gasteiger partial charge in [-0.25, -0.2) is 4.98 Å². The predicted molar refractivity (Wildman–Crippen MR) is 112 cm³/mol. The van der Waals surface area contributed by atoms with Gasteiger partial charge in [-0.2, -0.15) is 4.98 Å². The number of pyridine rings is 1. The van der Waals surface area contributed by atoms with Crippen LogP contribution in [0.25, 0.3) is 11.4 Å². The van der Waals surface area contributed by atoms with Crippen LogP contribution in [0.1, 0.15) is 51.3 Å². The minimum Gasteiger partial charge on any atom is -0.353 e. The fourth-order valence-corrected chi connectivity index (χ4v) is 4.13. The van der Waals surface area contributed by atoms with Gasteiger partial charge in [-0.3, -0.25) is 4.79 Å². The summed E-state index contributed by atoms with van der Waals surface area (Å²) in [5.74, 6) is 3.11. The lowest BCUT2D eigenvalue weighted by atomic mass is 9.94. The van der Waals surface area contributed by atoms with Crippen LogP contribution in [0.2, 0.25) is 0 Å². The minimum absolute atomic E-state index is 0.116. The second-order valence-electron chi connectivity index (χ2n) is 8.64. The van der Waals surface area contributed by atoms with Crippen LogP contribution in [-0.2, 0) is 4.79 Å². The molecule has 0 spiro atoms. The Morgan fingerprint density at radius 2 is 1.93 bits per heavy atom. The number of piperazine rings is 1. The second kappa shape index (κ2) is 8.30. The van der Waals surface area contributed by atoms with E-state index in [2.05, 4.69) is 20.0 Å². The molecule has 8 heteroatoms. The average molecular weight is 418 g/mol. The first-order chi connectivity index (χ1) is 14.0. The molecule has 2 fully saturated rings. The van der Waals surface area contributed by atoms with Crippen molar-refractivity contribution in [3.63, 3.8) is 0 Å². The first kappa shape index (κ1) is 20.1. The lowest BCUT2D eigenvalue weighted by Gasteiger charge is -2.38. The van der Waals surface area contributed by atoms with Crippen LogP contribution < -0.4 is 4.90 Å². The normalized spacial score (nSPS) is 18.4. The molecule has 1 aliphatic heterocycles. The minimum atomic E-state index is -0.522. The maximum atomic E-state index is 12.6. The van der Waals surface area contributed by atoms with E-state index in [4.69, 9.17) is 16.1 Å². The Hall–Kier alpha value is -2.15. The number of carbonyl (C=O) groups excluding carboxylic acids is 1. The van der Waals surface area contributed by atoms with Gasteiger partial charge in [0, 0.05) is 49.7 Å². The molecule has 0 atom stereocenters. The number of anilines is 1. The molecule has 2 aliphatic rings. The van der Waals surface area contributed by atoms with Crippen LogP contribution in [0.4, 0.5) is 5.82 Å². The molecule has 4 rings (SSSR count). The Labute approximate surface area is 176 Å². The first-order valence-electron chi connectivity index (χ1n) is 10.4. The molecule has 1 amide bonds. The number of alkyl halides is 1. The Kier molecular flexibility index (Phi) is 5.76. The van der Waals surface area contributed by atoms with Crippen LogP contribution >= 0.6 is 11.6 Å². The molecule has 1 aliphatic carbocycles. The van der Waals surface area contributed by atoms with E-state index < -0.39 is 5.41 Å². The molecular formula is C21H28ClN5O2. The molecule has 3 heterocycles. The van der Waals surface area contributed by atoms with Gasteiger partial charge in [0.25, 0.3) is 0 Å². The molecule has 1 saturated heterocycles. The SMILES string of the molecule is CC(C)(CCl)C(=O)N1CCN(c2ccc(-c3noc(C4CCCC4)n3)cn2)CC1. The van der Waals surface area contributed by atoms with Gasteiger partial charge < -0.3 is 14.3 Å². The molecule has 0 unspecified atom stereocenters. The van der Waals surface area contributed by atoms with Crippen molar-refractivity contribution in [3.8, 4) is 11.4 Å². The van der Waals surface area contributed by atoms with E-state index in [0.717, 1.165) is 43.2 Å². The van der Waals surface area contributed by atoms with E-state index in [9.17, 15) is 4.79 Å². The third kappa shape index (κ3) is 4.25. The summed E-state index contributed by atoms with van der Waals surface area (Å²) in [4.78, 5) is 25.9. The van der Waals surface area contributed by atoms with Crippen molar-refractivity contribution in [3.05, 3.63) is 24.2 Å². The lowest BCUT2D eigenvalue weighted by Crippen LogP contribution is -2.52. The molecule has 0 radical (unpaired) electrons. The summed E-state index contributed by atoms with van der Waals surface area (Å²) in [6.07, 6.45) is 6.54. The first-order valence-corrected chi connectivity index (χ1v) is 10.9. The number of amides is 1. The zero-order valence-electron chi connectivity index (χ0n) is 17.1. The van der Waals surface area contributed by atoms with E-state index in [0.29, 0.717) is 30.7 Å². The van der Waals surface area contributed by atoms with Crippen molar-refractivity contribution >= 4 is 23.3 Å². The van der Waals surface area contributed by atoms with Crippen molar-refractivity contribution in [1.82, 2.24) is 20.0 Å². The predicted octanol–water partition coefficient (Wildman–Crippen LogP) is 3.70. The molecule has 29 heavy (non-hydrogen) atoms. The largest absolute Gasteiger partial charge is 0.353 e. The summed E-state index contributed by atoms with van der Waals surface area (Å²) in [6.45, 7) is 6.65. The number of carbonyl (C=O) groups is 1. The monoisotopic (exact) mass is 417 g/mol. The zero-order chi connectivity index (χ0) is 20.4. The highest BCUT2D eigenvalue weighted by Gasteiger charge is 2.33. The molecule has 156 valence electrons. The van der Waals surface area contributed by atoms with Crippen LogP contribution in [-0.4, -0.2) is 58.0 Å². The van der Waals surface area contributed by atoms with E-state index >= 15 is 0 Å². The summed E-state index contributed by atoms with van der Waals surface area (Å²) in [5, 5.41) is 4.14. The van der Waals surface area contributed by atoms with Crippen LogP contribution in [0.5, 0.6) is 0 Å². The second-order valence-corrected chi connectivity index (χ2v) is 8.91. The standard InChI is InChI=1S/C21H28ClN5O2/c1-21(2,14-22)20(28)27-11-9-26(10-12-27)17-8-7-16(13-23-17)18-24-19(29-25-18)15-5-3-4-6-15/h7-8,13,15H,3-6,9-12,14H2,1-2H3. The van der Waals surface area contributed by atoms with Crippen LogP contribution in [0.3, 0.4) is 0 Å². The summed E-state index contributed by atoms with van der Waals surface area (Å²) in [6, 6.07) is 3.97. The maximum Gasteiger partial charge on any atom is 0.230 e. The smallest absolute Gasteiger partial charge is 0.230 e. The molecule has 0 N–H and O–H groups in total. The van der Waals surface area contributed by atoms with Crippen molar-refractivity contribution in [2.24, 2.45) is 5.41 Å². The number of hydrogen-bond donors (Lipinski definition) is 0. The molecule has 7 nitrogen and oxygen atoms in total. The number of nitrogens with zero attached hydrogens (tertiary/aromatic N) is 5. The van der Waals surface area contributed by atoms with Gasteiger partial charge >= 0.3 is 0 Å². The molecular weight excluding hydrogens is 390 g/mol. The van der Waals surface area contributed by atoms with Crippen molar-refractivity contribution in [2.75, 3.05) is 37.0 Å². The maximum absolute atomic E-state index is 12.6. The molecule has 2 aromatic heterocycles. The van der Waals surface area contributed by atoms with Gasteiger partial charge in [0.1, 0.15) is 5.82 Å². The Balaban J connectivity index is 1.37. The highest BCUT2D eigenvalue weighted by atomic mass is 35.5. The number of hydrogen-bond acceptors (Lipinski definition) is 6. The summed E-state index contributed by atoms with van der Waals surface area (Å²) >= 11 is 5.95. The number of aromatic nitrogens is 3. The summed E-state index contributed by atoms with van der Waals surface area (Å²) < 4.78 is 5.47. The van der Waals surface area contributed by atoms with Gasteiger partial charge in [-0.05, 0) is 38.8 Å². The molecule has 2 aromatic rings. The van der Waals surface area contributed by atoms with Crippen molar-refractivity contribution < 1.29 is 9.32 Å². The van der Waals surface area contributed by atoms with E-state index in [1.807, 2.05) is 30.9 Å². The van der Waals surface area contributed by atoms with Gasteiger partial charge in [-0.15, -0.1) is 11.6 Å². The van der Waals surface area contributed by atoms with Crippen molar-refractivity contribution in [1.29, 1.82) is 0 Å². The van der Waals surface area contributed by atoms with E-state index in [1.54, 1.807) is 6.20 Å². The highest BCUT2D eigenvalue weighted by Crippen LogP contribution is 2.34. The molecule has 1 saturated carbocycles. The lowest BCUT2D eigenvalue weighted by molar-refractivity contribution is -0.139.